The van der Waals surface area contributed by atoms with Gasteiger partial charge in [0.2, 0.25) is 5.91 Å². The van der Waals surface area contributed by atoms with Crippen LogP contribution in [-0.2, 0) is 11.2 Å². The highest BCUT2D eigenvalue weighted by Crippen LogP contribution is 2.27. The molecule has 3 rings (SSSR count). The number of methoxy groups -OCH3 is 1. The first kappa shape index (κ1) is 17.2. The highest BCUT2D eigenvalue weighted by molar-refractivity contribution is 7.13. The summed E-state index contributed by atoms with van der Waals surface area (Å²) < 4.78 is 5.25. The fourth-order valence-electron chi connectivity index (χ4n) is 2.51. The van der Waals surface area contributed by atoms with Gasteiger partial charge in [-0.15, -0.1) is 11.3 Å². The van der Waals surface area contributed by atoms with E-state index in [-0.39, 0.29) is 12.3 Å². The largest absolute Gasteiger partial charge is 0.497 e. The third kappa shape index (κ3) is 4.25. The molecule has 0 saturated heterocycles. The maximum absolute atomic E-state index is 12.3. The normalized spacial score (nSPS) is 10.5. The predicted molar refractivity (Wildman–Crippen MR) is 102 cm³/mol. The number of hydrogen-bond donors (Lipinski definition) is 1. The van der Waals surface area contributed by atoms with Gasteiger partial charge in [-0.25, -0.2) is 4.98 Å². The second kappa shape index (κ2) is 7.49. The van der Waals surface area contributed by atoms with Gasteiger partial charge in [-0.05, 0) is 43.2 Å². The van der Waals surface area contributed by atoms with E-state index in [1.807, 2.05) is 61.7 Å². The molecule has 25 heavy (non-hydrogen) atoms. The van der Waals surface area contributed by atoms with E-state index in [2.05, 4.69) is 10.3 Å². The second-order valence-electron chi connectivity index (χ2n) is 5.92. The molecule has 128 valence electrons. The molecule has 0 aliphatic heterocycles. The van der Waals surface area contributed by atoms with E-state index in [4.69, 9.17) is 4.74 Å². The molecule has 0 unspecified atom stereocenters. The number of nitrogens with one attached hydrogen (secondary N) is 1. The Labute approximate surface area is 151 Å². The van der Waals surface area contributed by atoms with E-state index >= 15 is 0 Å². The van der Waals surface area contributed by atoms with Gasteiger partial charge in [0.15, 0.2) is 0 Å². The Morgan fingerprint density at radius 3 is 2.84 bits per heavy atom. The smallest absolute Gasteiger partial charge is 0.230 e. The van der Waals surface area contributed by atoms with Crippen molar-refractivity contribution >= 4 is 22.9 Å². The molecule has 1 N–H and O–H groups in total. The van der Waals surface area contributed by atoms with Crippen LogP contribution in [0.3, 0.4) is 0 Å². The maximum atomic E-state index is 12.3. The van der Waals surface area contributed by atoms with Gasteiger partial charge in [0.25, 0.3) is 0 Å². The number of hydrogen-bond acceptors (Lipinski definition) is 4. The third-order valence-electron chi connectivity index (χ3n) is 3.88. The van der Waals surface area contributed by atoms with Crippen molar-refractivity contribution < 1.29 is 9.53 Å². The van der Waals surface area contributed by atoms with E-state index in [1.165, 1.54) is 11.3 Å². The van der Waals surface area contributed by atoms with Crippen molar-refractivity contribution in [1.29, 1.82) is 0 Å². The van der Waals surface area contributed by atoms with Gasteiger partial charge in [-0.2, -0.15) is 0 Å². The van der Waals surface area contributed by atoms with Gasteiger partial charge in [-0.1, -0.05) is 24.3 Å². The Hall–Kier alpha value is -2.66. The lowest BCUT2D eigenvalue weighted by atomic mass is 10.1. The molecule has 3 aromatic rings. The molecule has 0 bridgehead atoms. The van der Waals surface area contributed by atoms with Crippen molar-refractivity contribution in [3.05, 3.63) is 64.7 Å². The molecule has 2 aromatic carbocycles. The van der Waals surface area contributed by atoms with Crippen LogP contribution >= 0.6 is 11.3 Å². The van der Waals surface area contributed by atoms with Crippen molar-refractivity contribution in [2.24, 2.45) is 0 Å². The van der Waals surface area contributed by atoms with Crippen LogP contribution in [0.15, 0.2) is 47.8 Å². The molecule has 0 atom stereocenters. The number of anilines is 1. The highest BCUT2D eigenvalue weighted by atomic mass is 32.1. The Morgan fingerprint density at radius 2 is 2.04 bits per heavy atom. The molecule has 0 saturated carbocycles. The zero-order valence-corrected chi connectivity index (χ0v) is 15.3. The molecule has 5 heteroatoms. The number of carbonyl (C=O) groups is 1. The Bertz CT molecular complexity index is 902. The molecule has 0 aliphatic rings. The number of aryl methyl sites for hydroxylation is 2. The molecule has 4 nitrogen and oxygen atoms in total. The molecule has 0 aliphatic carbocycles. The van der Waals surface area contributed by atoms with Crippen LogP contribution < -0.4 is 10.1 Å². The average molecular weight is 352 g/mol. The zero-order chi connectivity index (χ0) is 17.8. The second-order valence-corrected chi connectivity index (χ2v) is 6.78. The number of benzene rings is 2. The summed E-state index contributed by atoms with van der Waals surface area (Å²) in [4.78, 5) is 16.9. The van der Waals surface area contributed by atoms with Gasteiger partial charge < -0.3 is 10.1 Å². The van der Waals surface area contributed by atoms with Crippen molar-refractivity contribution in [1.82, 2.24) is 4.98 Å². The SMILES string of the molecule is COc1cccc(-c2nc(CC(=O)Nc3cc(C)ccc3C)cs2)c1. The molecule has 0 fully saturated rings. The van der Waals surface area contributed by atoms with Crippen molar-refractivity contribution in [2.75, 3.05) is 12.4 Å². The topological polar surface area (TPSA) is 51.2 Å². The van der Waals surface area contributed by atoms with Crippen LogP contribution in [-0.4, -0.2) is 18.0 Å². The fourth-order valence-corrected chi connectivity index (χ4v) is 3.32. The summed E-state index contributed by atoms with van der Waals surface area (Å²) in [5.74, 6) is 0.734. The number of rotatable bonds is 5. The third-order valence-corrected chi connectivity index (χ3v) is 4.82. The molecule has 1 aromatic heterocycles. The van der Waals surface area contributed by atoms with Gasteiger partial charge in [0.1, 0.15) is 10.8 Å². The number of amides is 1. The first-order chi connectivity index (χ1) is 12.0. The fraction of sp³-hybridized carbons (Fsp3) is 0.200. The van der Waals surface area contributed by atoms with Gasteiger partial charge in [-0.3, -0.25) is 4.79 Å². The number of ether oxygens (including phenoxy) is 1. The van der Waals surface area contributed by atoms with Crippen molar-refractivity contribution in [3.8, 4) is 16.3 Å². The summed E-state index contributed by atoms with van der Waals surface area (Å²) >= 11 is 1.53. The van der Waals surface area contributed by atoms with Gasteiger partial charge in [0, 0.05) is 16.6 Å². The number of carbonyl (C=O) groups excluding carboxylic acids is 1. The Kier molecular flexibility index (Phi) is 5.14. The maximum Gasteiger partial charge on any atom is 0.230 e. The molecule has 1 heterocycles. The first-order valence-corrected chi connectivity index (χ1v) is 8.89. The monoisotopic (exact) mass is 352 g/mol. The van der Waals surface area contributed by atoms with E-state index < -0.39 is 0 Å². The highest BCUT2D eigenvalue weighted by Gasteiger charge is 2.11. The lowest BCUT2D eigenvalue weighted by molar-refractivity contribution is -0.115. The predicted octanol–water partition coefficient (Wildman–Crippen LogP) is 4.62. The van der Waals surface area contributed by atoms with Crippen LogP contribution in [0.4, 0.5) is 5.69 Å². The lowest BCUT2D eigenvalue weighted by Gasteiger charge is -2.08. The van der Waals surface area contributed by atoms with Crippen molar-refractivity contribution in [2.45, 2.75) is 20.3 Å². The van der Waals surface area contributed by atoms with Crippen LogP contribution in [0.5, 0.6) is 5.75 Å². The Morgan fingerprint density at radius 1 is 1.20 bits per heavy atom. The summed E-state index contributed by atoms with van der Waals surface area (Å²) in [6.07, 6.45) is 0.258. The average Bonchev–Trinajstić information content (AvgIpc) is 3.06. The summed E-state index contributed by atoms with van der Waals surface area (Å²) in [5.41, 5.74) is 4.79. The number of thiazole rings is 1. The van der Waals surface area contributed by atoms with E-state index in [0.29, 0.717) is 0 Å². The van der Waals surface area contributed by atoms with Gasteiger partial charge in [0.05, 0.1) is 19.2 Å². The molecular weight excluding hydrogens is 332 g/mol. The number of aromatic nitrogens is 1. The van der Waals surface area contributed by atoms with E-state index in [1.54, 1.807) is 7.11 Å². The zero-order valence-electron chi connectivity index (χ0n) is 14.5. The van der Waals surface area contributed by atoms with Crippen molar-refractivity contribution in [3.63, 3.8) is 0 Å². The van der Waals surface area contributed by atoms with Crippen LogP contribution in [0, 0.1) is 13.8 Å². The molecule has 0 radical (unpaired) electrons. The summed E-state index contributed by atoms with van der Waals surface area (Å²) in [6.45, 7) is 3.99. The minimum atomic E-state index is -0.0591. The minimum absolute atomic E-state index is 0.0591. The molecule has 0 spiro atoms. The van der Waals surface area contributed by atoms with Crippen LogP contribution in [0.2, 0.25) is 0 Å². The summed E-state index contributed by atoms with van der Waals surface area (Å²) in [5, 5.41) is 5.78. The number of nitrogens with zero attached hydrogens (tertiary/aromatic N) is 1. The Balaban J connectivity index is 1.70. The standard InChI is InChI=1S/C20H20N2O2S/c1-13-7-8-14(2)18(9-13)22-19(23)11-16-12-25-20(21-16)15-5-4-6-17(10-15)24-3/h4-10,12H,11H2,1-3H3,(H,22,23). The molecule has 1 amide bonds. The molecular formula is C20H20N2O2S. The summed E-state index contributed by atoms with van der Waals surface area (Å²) in [6, 6.07) is 13.8. The minimum Gasteiger partial charge on any atom is -0.497 e. The first-order valence-electron chi connectivity index (χ1n) is 8.01. The van der Waals surface area contributed by atoms with E-state index in [9.17, 15) is 4.79 Å². The van der Waals surface area contributed by atoms with Crippen LogP contribution in [0.1, 0.15) is 16.8 Å². The van der Waals surface area contributed by atoms with Crippen LogP contribution in [0.25, 0.3) is 10.6 Å². The quantitative estimate of drug-likeness (QED) is 0.729. The summed E-state index contributed by atoms with van der Waals surface area (Å²) in [7, 11) is 1.64. The van der Waals surface area contributed by atoms with Gasteiger partial charge >= 0.3 is 0 Å². The lowest BCUT2D eigenvalue weighted by Crippen LogP contribution is -2.15. The van der Waals surface area contributed by atoms with E-state index in [0.717, 1.165) is 38.8 Å².